The number of hydrogen-bond acceptors (Lipinski definition) is 7. The second kappa shape index (κ2) is 5.43. The molecule has 0 saturated carbocycles. The van der Waals surface area contributed by atoms with Crippen LogP contribution in [0.25, 0.3) is 0 Å². The molecule has 9 nitrogen and oxygen atoms in total. The zero-order valence-electron chi connectivity index (χ0n) is 11.0. The summed E-state index contributed by atoms with van der Waals surface area (Å²) in [4.78, 5) is 0.0561. The van der Waals surface area contributed by atoms with Crippen molar-refractivity contribution in [2.24, 2.45) is 0 Å². The van der Waals surface area contributed by atoms with E-state index in [2.05, 4.69) is 25.9 Å². The van der Waals surface area contributed by atoms with E-state index in [1.807, 2.05) is 0 Å². The summed E-state index contributed by atoms with van der Waals surface area (Å²) in [5.74, 6) is 0.449. The molecule has 0 unspecified atom stereocenters. The average molecular weight is 297 g/mol. The quantitative estimate of drug-likeness (QED) is 0.643. The minimum Gasteiger partial charge on any atom is -0.396 e. The molecule has 0 radical (unpaired) electrons. The van der Waals surface area contributed by atoms with Gasteiger partial charge in [0.05, 0.1) is 17.9 Å². The van der Waals surface area contributed by atoms with Gasteiger partial charge in [0.15, 0.2) is 5.82 Å². The van der Waals surface area contributed by atoms with Crippen LogP contribution in [0.1, 0.15) is 5.82 Å². The predicted molar refractivity (Wildman–Crippen MR) is 73.2 cm³/mol. The average Bonchev–Trinajstić information content (AvgIpc) is 2.90. The summed E-state index contributed by atoms with van der Waals surface area (Å²) in [6, 6.07) is 4.76. The van der Waals surface area contributed by atoms with Crippen LogP contribution in [-0.2, 0) is 16.6 Å². The molecule has 0 bridgehead atoms. The molecule has 0 atom stereocenters. The van der Waals surface area contributed by atoms with Crippen molar-refractivity contribution in [2.75, 3.05) is 25.1 Å². The molecular formula is C10H15N7O2S. The van der Waals surface area contributed by atoms with E-state index in [0.717, 1.165) is 4.31 Å². The van der Waals surface area contributed by atoms with Crippen LogP contribution in [-0.4, -0.2) is 47.4 Å². The summed E-state index contributed by atoms with van der Waals surface area (Å²) in [7, 11) is -0.678. The molecule has 0 aliphatic heterocycles. The molecule has 20 heavy (non-hydrogen) atoms. The molecule has 0 amide bonds. The van der Waals surface area contributed by atoms with Crippen molar-refractivity contribution in [1.29, 1.82) is 0 Å². The van der Waals surface area contributed by atoms with Crippen LogP contribution < -0.4 is 11.1 Å². The van der Waals surface area contributed by atoms with E-state index in [4.69, 9.17) is 5.73 Å². The number of para-hydroxylation sites is 1. The first-order valence-electron chi connectivity index (χ1n) is 5.70. The van der Waals surface area contributed by atoms with Gasteiger partial charge in [0.1, 0.15) is 4.90 Å². The Morgan fingerprint density at radius 2 is 2.15 bits per heavy atom. The highest BCUT2D eigenvalue weighted by Crippen LogP contribution is 2.28. The Balaban J connectivity index is 2.28. The molecular weight excluding hydrogens is 282 g/mol. The molecule has 0 aliphatic rings. The van der Waals surface area contributed by atoms with Gasteiger partial charge in [-0.05, 0) is 12.1 Å². The monoisotopic (exact) mass is 297 g/mol. The summed E-state index contributed by atoms with van der Waals surface area (Å²) < 4.78 is 25.3. The van der Waals surface area contributed by atoms with Gasteiger partial charge in [-0.3, -0.25) is 0 Å². The molecule has 10 heteroatoms. The summed E-state index contributed by atoms with van der Waals surface area (Å²) in [6.45, 7) is 0.284. The topological polar surface area (TPSA) is 130 Å². The van der Waals surface area contributed by atoms with E-state index in [9.17, 15) is 8.42 Å². The first-order chi connectivity index (χ1) is 9.43. The van der Waals surface area contributed by atoms with Gasteiger partial charge in [-0.15, -0.1) is 10.2 Å². The van der Waals surface area contributed by atoms with Crippen molar-refractivity contribution in [3.8, 4) is 0 Å². The number of nitrogens with two attached hydrogens (primary N) is 1. The maximum atomic E-state index is 12.1. The van der Waals surface area contributed by atoms with Gasteiger partial charge in [0, 0.05) is 14.1 Å². The van der Waals surface area contributed by atoms with Crippen molar-refractivity contribution in [3.05, 3.63) is 24.0 Å². The zero-order valence-corrected chi connectivity index (χ0v) is 11.8. The number of aromatic nitrogens is 4. The fraction of sp³-hybridized carbons (Fsp3) is 0.300. The molecule has 1 heterocycles. The Bertz CT molecular complexity index is 682. The van der Waals surface area contributed by atoms with E-state index in [1.54, 1.807) is 12.1 Å². The van der Waals surface area contributed by atoms with Crippen LogP contribution in [0, 0.1) is 0 Å². The summed E-state index contributed by atoms with van der Waals surface area (Å²) in [5, 5.41) is 16.3. The lowest BCUT2D eigenvalue weighted by Crippen LogP contribution is -2.23. The van der Waals surface area contributed by atoms with Crippen molar-refractivity contribution in [3.63, 3.8) is 0 Å². The fourth-order valence-corrected chi connectivity index (χ4v) is 2.58. The number of hydrogen-bond donors (Lipinski definition) is 3. The number of nitrogens with zero attached hydrogens (tertiary/aromatic N) is 4. The number of H-pyrrole nitrogens is 1. The maximum Gasteiger partial charge on any atom is 0.244 e. The van der Waals surface area contributed by atoms with Crippen LogP contribution in [0.3, 0.4) is 0 Å². The van der Waals surface area contributed by atoms with Crippen LogP contribution in [0.2, 0.25) is 0 Å². The van der Waals surface area contributed by atoms with Crippen LogP contribution in [0.15, 0.2) is 23.1 Å². The van der Waals surface area contributed by atoms with Crippen molar-refractivity contribution in [2.45, 2.75) is 11.4 Å². The van der Waals surface area contributed by atoms with Gasteiger partial charge in [-0.25, -0.2) is 12.7 Å². The van der Waals surface area contributed by atoms with Crippen LogP contribution >= 0.6 is 0 Å². The molecule has 108 valence electrons. The maximum absolute atomic E-state index is 12.1. The number of nitrogen functional groups attached to an aromatic ring is 1. The van der Waals surface area contributed by atoms with Gasteiger partial charge in [0.25, 0.3) is 0 Å². The highest BCUT2D eigenvalue weighted by molar-refractivity contribution is 7.89. The summed E-state index contributed by atoms with van der Waals surface area (Å²) >= 11 is 0. The molecule has 0 spiro atoms. The van der Waals surface area contributed by atoms with E-state index in [0.29, 0.717) is 11.5 Å². The van der Waals surface area contributed by atoms with E-state index in [1.165, 1.54) is 20.2 Å². The highest BCUT2D eigenvalue weighted by Gasteiger charge is 2.21. The van der Waals surface area contributed by atoms with E-state index in [-0.39, 0.29) is 17.1 Å². The number of sulfonamides is 1. The predicted octanol–water partition coefficient (Wildman–Crippen LogP) is -0.356. The largest absolute Gasteiger partial charge is 0.396 e. The fourth-order valence-electron chi connectivity index (χ4n) is 1.55. The van der Waals surface area contributed by atoms with Gasteiger partial charge in [-0.2, -0.15) is 5.21 Å². The van der Waals surface area contributed by atoms with E-state index < -0.39 is 10.0 Å². The Hall–Kier alpha value is -2.20. The molecule has 2 rings (SSSR count). The molecule has 0 aliphatic carbocycles. The van der Waals surface area contributed by atoms with Crippen LogP contribution in [0.4, 0.5) is 11.4 Å². The number of aromatic amines is 1. The number of nitrogens with one attached hydrogen (secondary N) is 2. The van der Waals surface area contributed by atoms with E-state index >= 15 is 0 Å². The van der Waals surface area contributed by atoms with Gasteiger partial charge in [-0.1, -0.05) is 11.3 Å². The minimum atomic E-state index is -3.58. The second-order valence-corrected chi connectivity index (χ2v) is 6.31. The Morgan fingerprint density at radius 1 is 1.40 bits per heavy atom. The molecule has 1 aromatic heterocycles. The third kappa shape index (κ3) is 2.70. The standard InChI is InChI=1S/C10H15N7O2S/c1-17(2)20(18,19)8-5-3-4-7(10(8)11)12-6-9-13-15-16-14-9/h3-5,12H,6,11H2,1-2H3,(H,13,14,15,16). The molecule has 0 fully saturated rings. The number of rotatable bonds is 5. The van der Waals surface area contributed by atoms with Crippen molar-refractivity contribution >= 4 is 21.4 Å². The normalized spacial score (nSPS) is 11.8. The first kappa shape index (κ1) is 14.2. The number of tetrazole rings is 1. The van der Waals surface area contributed by atoms with Crippen molar-refractivity contribution in [1.82, 2.24) is 24.9 Å². The third-order valence-electron chi connectivity index (χ3n) is 2.65. The van der Waals surface area contributed by atoms with Gasteiger partial charge in [0.2, 0.25) is 10.0 Å². The first-order valence-corrected chi connectivity index (χ1v) is 7.14. The Morgan fingerprint density at radius 3 is 2.75 bits per heavy atom. The lowest BCUT2D eigenvalue weighted by atomic mass is 10.2. The smallest absolute Gasteiger partial charge is 0.244 e. The SMILES string of the molecule is CN(C)S(=O)(=O)c1cccc(NCc2nn[nH]n2)c1N. The Kier molecular flexibility index (Phi) is 3.86. The van der Waals surface area contributed by atoms with Gasteiger partial charge < -0.3 is 11.1 Å². The Labute approximate surface area is 116 Å². The lowest BCUT2D eigenvalue weighted by molar-refractivity contribution is 0.521. The zero-order chi connectivity index (χ0) is 14.8. The molecule has 1 aromatic carbocycles. The van der Waals surface area contributed by atoms with Gasteiger partial charge >= 0.3 is 0 Å². The molecule has 4 N–H and O–H groups in total. The minimum absolute atomic E-state index is 0.0561. The molecule has 2 aromatic rings. The second-order valence-electron chi connectivity index (χ2n) is 4.19. The highest BCUT2D eigenvalue weighted by atomic mass is 32.2. The van der Waals surface area contributed by atoms with Crippen LogP contribution in [0.5, 0.6) is 0 Å². The molecule has 0 saturated heterocycles. The number of anilines is 2. The van der Waals surface area contributed by atoms with Crippen molar-refractivity contribution < 1.29 is 8.42 Å². The third-order valence-corrected chi connectivity index (χ3v) is 4.52. The lowest BCUT2D eigenvalue weighted by Gasteiger charge is -2.15. The number of benzene rings is 1. The summed E-state index contributed by atoms with van der Waals surface area (Å²) in [5.41, 5.74) is 6.57. The summed E-state index contributed by atoms with van der Waals surface area (Å²) in [6.07, 6.45) is 0.